The van der Waals surface area contributed by atoms with Crippen LogP contribution in [0, 0.1) is 5.41 Å². The van der Waals surface area contributed by atoms with E-state index in [1.807, 2.05) is 0 Å². The number of anilines is 1. The predicted octanol–water partition coefficient (Wildman–Crippen LogP) is 1.37. The smallest absolute Gasteiger partial charge is 0.266 e. The van der Waals surface area contributed by atoms with Crippen LogP contribution in [0.4, 0.5) is 5.69 Å². The molecule has 1 aliphatic rings. The Morgan fingerprint density at radius 3 is 3.00 bits per heavy atom. The second-order valence-corrected chi connectivity index (χ2v) is 4.04. The third-order valence-corrected chi connectivity index (χ3v) is 3.04. The summed E-state index contributed by atoms with van der Waals surface area (Å²) in [5, 5.41) is 9.34. The summed E-state index contributed by atoms with van der Waals surface area (Å²) < 4.78 is 0. The molecule has 4 nitrogen and oxygen atoms in total. The molecule has 0 unspecified atom stereocenters. The highest BCUT2D eigenvalue weighted by Gasteiger charge is 2.40. The Hall–Kier alpha value is -1.32. The molecule has 0 spiro atoms. The van der Waals surface area contributed by atoms with Crippen molar-refractivity contribution in [2.24, 2.45) is 5.41 Å². The van der Waals surface area contributed by atoms with Crippen LogP contribution in [-0.2, 0) is 0 Å². The van der Waals surface area contributed by atoms with Crippen LogP contribution < -0.4 is 10.9 Å². The third kappa shape index (κ3) is 1.95. The maximum atomic E-state index is 10.9. The van der Waals surface area contributed by atoms with Crippen molar-refractivity contribution >= 4 is 5.69 Å². The molecule has 76 valence electrons. The normalized spacial score (nSPS) is 17.8. The summed E-state index contributed by atoms with van der Waals surface area (Å²) >= 11 is 0. The van der Waals surface area contributed by atoms with Crippen molar-refractivity contribution in [1.29, 1.82) is 0 Å². The van der Waals surface area contributed by atoms with Crippen LogP contribution in [0.25, 0.3) is 0 Å². The van der Waals surface area contributed by atoms with Gasteiger partial charge in [-0.05, 0) is 24.7 Å². The Labute approximate surface area is 82.7 Å². The van der Waals surface area contributed by atoms with Gasteiger partial charge < -0.3 is 5.32 Å². The average molecular weight is 193 g/mol. The monoisotopic (exact) mass is 193 g/mol. The minimum absolute atomic E-state index is 0.156. The summed E-state index contributed by atoms with van der Waals surface area (Å²) in [6.07, 6.45) is 5.45. The molecule has 1 saturated carbocycles. The number of nitrogens with zero attached hydrogens (tertiary/aromatic N) is 1. The summed E-state index contributed by atoms with van der Waals surface area (Å²) in [6, 6.07) is 1.54. The van der Waals surface area contributed by atoms with Gasteiger partial charge in [0.15, 0.2) is 0 Å². The number of aromatic amines is 1. The molecule has 1 aromatic rings. The lowest BCUT2D eigenvalue weighted by Crippen LogP contribution is -2.16. The van der Waals surface area contributed by atoms with E-state index in [2.05, 4.69) is 22.4 Å². The van der Waals surface area contributed by atoms with E-state index in [0.29, 0.717) is 5.41 Å². The molecule has 2 rings (SSSR count). The van der Waals surface area contributed by atoms with Gasteiger partial charge in [-0.15, -0.1) is 0 Å². The number of hydrogen-bond acceptors (Lipinski definition) is 3. The van der Waals surface area contributed by atoms with Crippen LogP contribution in [0.5, 0.6) is 0 Å². The maximum Gasteiger partial charge on any atom is 0.266 e. The predicted molar refractivity (Wildman–Crippen MR) is 55.3 cm³/mol. The van der Waals surface area contributed by atoms with Crippen molar-refractivity contribution in [3.8, 4) is 0 Å². The molecular weight excluding hydrogens is 178 g/mol. The summed E-state index contributed by atoms with van der Waals surface area (Å²) in [5.41, 5.74) is 1.15. The summed E-state index contributed by atoms with van der Waals surface area (Å²) in [7, 11) is 0. The van der Waals surface area contributed by atoms with Gasteiger partial charge >= 0.3 is 0 Å². The van der Waals surface area contributed by atoms with Crippen molar-refractivity contribution in [3.05, 3.63) is 22.6 Å². The molecule has 0 amide bonds. The second kappa shape index (κ2) is 3.44. The van der Waals surface area contributed by atoms with E-state index in [9.17, 15) is 4.79 Å². The molecule has 0 aromatic carbocycles. The van der Waals surface area contributed by atoms with Crippen LogP contribution in [-0.4, -0.2) is 16.7 Å². The van der Waals surface area contributed by atoms with E-state index in [1.54, 1.807) is 12.3 Å². The molecule has 1 aliphatic carbocycles. The van der Waals surface area contributed by atoms with Crippen LogP contribution in [0.3, 0.4) is 0 Å². The number of rotatable bonds is 4. The number of H-pyrrole nitrogens is 1. The van der Waals surface area contributed by atoms with Crippen LogP contribution >= 0.6 is 0 Å². The average Bonchev–Trinajstić information content (AvgIpc) is 2.96. The van der Waals surface area contributed by atoms with Gasteiger partial charge in [0.25, 0.3) is 5.56 Å². The number of nitrogens with one attached hydrogen (secondary N) is 2. The van der Waals surface area contributed by atoms with Crippen molar-refractivity contribution < 1.29 is 0 Å². The van der Waals surface area contributed by atoms with E-state index in [0.717, 1.165) is 12.2 Å². The molecule has 0 bridgehead atoms. The molecule has 1 fully saturated rings. The standard InChI is InChI=1S/C10H15N3O/c1-2-10(3-4-10)7-11-8-5-9(14)13-12-6-8/h5-6H,2-4,7H2,1H3,(H2,11,13,14). The minimum Gasteiger partial charge on any atom is -0.383 e. The number of hydrogen-bond donors (Lipinski definition) is 2. The molecule has 1 aromatic heterocycles. The number of aromatic nitrogens is 2. The van der Waals surface area contributed by atoms with Crippen molar-refractivity contribution in [2.45, 2.75) is 26.2 Å². The van der Waals surface area contributed by atoms with Crippen LogP contribution in [0.1, 0.15) is 26.2 Å². The lowest BCUT2D eigenvalue weighted by molar-refractivity contribution is 0.521. The Balaban J connectivity index is 1.95. The quantitative estimate of drug-likeness (QED) is 0.759. The zero-order valence-corrected chi connectivity index (χ0v) is 8.34. The Morgan fingerprint density at radius 2 is 2.43 bits per heavy atom. The molecular formula is C10H15N3O. The fourth-order valence-corrected chi connectivity index (χ4v) is 1.59. The molecule has 2 N–H and O–H groups in total. The van der Waals surface area contributed by atoms with Crippen molar-refractivity contribution in [3.63, 3.8) is 0 Å². The Bertz CT molecular complexity index is 368. The Kier molecular flexibility index (Phi) is 2.27. The molecule has 0 radical (unpaired) electrons. The van der Waals surface area contributed by atoms with Gasteiger partial charge in [-0.3, -0.25) is 4.79 Å². The SMILES string of the molecule is CCC1(CNc2cn[nH]c(=O)c2)CC1. The van der Waals surface area contributed by atoms with E-state index < -0.39 is 0 Å². The first-order valence-electron chi connectivity index (χ1n) is 5.03. The van der Waals surface area contributed by atoms with Gasteiger partial charge in [-0.2, -0.15) is 5.10 Å². The lowest BCUT2D eigenvalue weighted by Gasteiger charge is -2.13. The third-order valence-electron chi connectivity index (χ3n) is 3.04. The zero-order valence-electron chi connectivity index (χ0n) is 8.34. The first kappa shape index (κ1) is 9.24. The maximum absolute atomic E-state index is 10.9. The second-order valence-electron chi connectivity index (χ2n) is 4.04. The van der Waals surface area contributed by atoms with E-state index in [4.69, 9.17) is 0 Å². The molecule has 0 aliphatic heterocycles. The van der Waals surface area contributed by atoms with Gasteiger partial charge in [-0.25, -0.2) is 5.10 Å². The summed E-state index contributed by atoms with van der Waals surface area (Å²) in [4.78, 5) is 10.9. The highest BCUT2D eigenvalue weighted by atomic mass is 16.1. The van der Waals surface area contributed by atoms with Crippen LogP contribution in [0.15, 0.2) is 17.1 Å². The Morgan fingerprint density at radius 1 is 1.64 bits per heavy atom. The fourth-order valence-electron chi connectivity index (χ4n) is 1.59. The molecule has 0 atom stereocenters. The van der Waals surface area contributed by atoms with Gasteiger partial charge in [0.2, 0.25) is 0 Å². The summed E-state index contributed by atoms with van der Waals surface area (Å²) in [5.74, 6) is 0. The van der Waals surface area contributed by atoms with E-state index in [1.165, 1.54) is 19.3 Å². The van der Waals surface area contributed by atoms with Gasteiger partial charge in [0.1, 0.15) is 0 Å². The first-order valence-corrected chi connectivity index (χ1v) is 5.03. The van der Waals surface area contributed by atoms with Crippen molar-refractivity contribution in [2.75, 3.05) is 11.9 Å². The fraction of sp³-hybridized carbons (Fsp3) is 0.600. The lowest BCUT2D eigenvalue weighted by atomic mass is 10.0. The molecule has 14 heavy (non-hydrogen) atoms. The van der Waals surface area contributed by atoms with Crippen LogP contribution in [0.2, 0.25) is 0 Å². The van der Waals surface area contributed by atoms with Gasteiger partial charge in [-0.1, -0.05) is 6.92 Å². The van der Waals surface area contributed by atoms with E-state index >= 15 is 0 Å². The first-order chi connectivity index (χ1) is 6.74. The van der Waals surface area contributed by atoms with Gasteiger partial charge in [0, 0.05) is 12.6 Å². The van der Waals surface area contributed by atoms with Crippen molar-refractivity contribution in [1.82, 2.24) is 10.2 Å². The highest BCUT2D eigenvalue weighted by Crippen LogP contribution is 2.48. The molecule has 1 heterocycles. The van der Waals surface area contributed by atoms with E-state index in [-0.39, 0.29) is 5.56 Å². The molecule has 4 heteroatoms. The molecule has 0 saturated heterocycles. The van der Waals surface area contributed by atoms with Gasteiger partial charge in [0.05, 0.1) is 11.9 Å². The topological polar surface area (TPSA) is 57.8 Å². The zero-order chi connectivity index (χ0) is 10.0. The highest BCUT2D eigenvalue weighted by molar-refractivity contribution is 5.39. The summed E-state index contributed by atoms with van der Waals surface area (Å²) in [6.45, 7) is 3.17. The largest absolute Gasteiger partial charge is 0.383 e. The minimum atomic E-state index is -0.156.